The molecule has 0 radical (unpaired) electrons. The molecule has 1 atom stereocenters. The van der Waals surface area contributed by atoms with Gasteiger partial charge in [0.15, 0.2) is 5.58 Å². The molecular weight excluding hydrogens is 354 g/mol. The van der Waals surface area contributed by atoms with E-state index in [-0.39, 0.29) is 5.22 Å². The van der Waals surface area contributed by atoms with Gasteiger partial charge < -0.3 is 4.42 Å². The first kappa shape index (κ1) is 16.1. The second-order valence-electron chi connectivity index (χ2n) is 5.64. The first-order valence-electron chi connectivity index (χ1n) is 7.78. The Morgan fingerprint density at radius 1 is 0.920 bits per heavy atom. The lowest BCUT2D eigenvalue weighted by Gasteiger charge is -1.99. The molecule has 4 rings (SSSR count). The first-order chi connectivity index (χ1) is 12.2. The van der Waals surface area contributed by atoms with Gasteiger partial charge in [0.1, 0.15) is 16.3 Å². The molecule has 0 N–H and O–H groups in total. The predicted octanol–water partition coefficient (Wildman–Crippen LogP) is 5.46. The van der Waals surface area contributed by atoms with E-state index in [4.69, 9.17) is 16.0 Å². The van der Waals surface area contributed by atoms with Crippen LogP contribution >= 0.6 is 11.6 Å². The lowest BCUT2D eigenvalue weighted by Crippen LogP contribution is -1.96. The standard InChI is InChI=1S/C20H14ClNO2S/c21-17-9-6-14(7-10-17)13-25(23)20-22-18-12-16(8-11-19(18)24-20)15-4-2-1-3-5-15/h1-12H,13H2. The van der Waals surface area contributed by atoms with Crippen LogP contribution in [0.5, 0.6) is 0 Å². The van der Waals surface area contributed by atoms with Gasteiger partial charge in [-0.15, -0.1) is 0 Å². The molecule has 1 unspecified atom stereocenters. The zero-order valence-electron chi connectivity index (χ0n) is 13.2. The molecule has 0 fully saturated rings. The average Bonchev–Trinajstić information content (AvgIpc) is 3.08. The van der Waals surface area contributed by atoms with Gasteiger partial charge in [-0.25, -0.2) is 9.19 Å². The minimum Gasteiger partial charge on any atom is -0.430 e. The van der Waals surface area contributed by atoms with E-state index in [2.05, 4.69) is 4.98 Å². The number of aromatic nitrogens is 1. The maximum atomic E-state index is 12.5. The van der Waals surface area contributed by atoms with Crippen LogP contribution in [0.25, 0.3) is 22.2 Å². The highest BCUT2D eigenvalue weighted by Crippen LogP contribution is 2.26. The van der Waals surface area contributed by atoms with Gasteiger partial charge in [0.05, 0.1) is 5.75 Å². The summed E-state index contributed by atoms with van der Waals surface area (Å²) in [5, 5.41) is 0.903. The molecule has 0 bridgehead atoms. The molecule has 0 saturated heterocycles. The van der Waals surface area contributed by atoms with E-state index in [1.807, 2.05) is 60.7 Å². The van der Waals surface area contributed by atoms with Crippen LogP contribution in [0.2, 0.25) is 5.02 Å². The van der Waals surface area contributed by atoms with Crippen LogP contribution in [0.1, 0.15) is 5.56 Å². The second kappa shape index (κ2) is 6.82. The summed E-state index contributed by atoms with van der Waals surface area (Å²) in [7, 11) is -1.35. The summed E-state index contributed by atoms with van der Waals surface area (Å²) >= 11 is 5.88. The van der Waals surface area contributed by atoms with Crippen molar-refractivity contribution in [3.8, 4) is 11.1 Å². The number of hydrogen-bond donors (Lipinski definition) is 0. The monoisotopic (exact) mass is 367 g/mol. The fourth-order valence-corrected chi connectivity index (χ4v) is 3.74. The summed E-state index contributed by atoms with van der Waals surface area (Å²) in [4.78, 5) is 4.42. The van der Waals surface area contributed by atoms with Crippen molar-refractivity contribution in [3.05, 3.63) is 83.4 Å². The topological polar surface area (TPSA) is 43.1 Å². The van der Waals surface area contributed by atoms with Crippen LogP contribution in [0.4, 0.5) is 0 Å². The number of oxazole rings is 1. The average molecular weight is 368 g/mol. The molecule has 3 aromatic carbocycles. The van der Waals surface area contributed by atoms with E-state index in [0.717, 1.165) is 16.7 Å². The van der Waals surface area contributed by atoms with Crippen molar-refractivity contribution in [3.63, 3.8) is 0 Å². The molecule has 124 valence electrons. The maximum absolute atomic E-state index is 12.5. The van der Waals surface area contributed by atoms with Gasteiger partial charge >= 0.3 is 0 Å². The van der Waals surface area contributed by atoms with Crippen LogP contribution < -0.4 is 0 Å². The quantitative estimate of drug-likeness (QED) is 0.481. The number of nitrogens with zero attached hydrogens (tertiary/aromatic N) is 1. The van der Waals surface area contributed by atoms with E-state index in [1.165, 1.54) is 0 Å². The molecule has 0 aliphatic carbocycles. The number of halogens is 1. The van der Waals surface area contributed by atoms with Crippen molar-refractivity contribution >= 4 is 33.5 Å². The van der Waals surface area contributed by atoms with Gasteiger partial charge in [-0.2, -0.15) is 0 Å². The zero-order chi connectivity index (χ0) is 17.2. The van der Waals surface area contributed by atoms with Crippen molar-refractivity contribution < 1.29 is 8.63 Å². The Morgan fingerprint density at radius 3 is 2.44 bits per heavy atom. The summed E-state index contributed by atoms with van der Waals surface area (Å²) < 4.78 is 18.2. The molecule has 0 amide bonds. The Kier molecular flexibility index (Phi) is 4.38. The summed E-state index contributed by atoms with van der Waals surface area (Å²) in [5.41, 5.74) is 4.43. The number of hydrogen-bond acceptors (Lipinski definition) is 3. The van der Waals surface area contributed by atoms with E-state index < -0.39 is 10.8 Å². The highest BCUT2D eigenvalue weighted by atomic mass is 35.5. The van der Waals surface area contributed by atoms with Crippen molar-refractivity contribution in [1.29, 1.82) is 0 Å². The third kappa shape index (κ3) is 3.50. The smallest absolute Gasteiger partial charge is 0.288 e. The third-order valence-corrected chi connectivity index (χ3v) is 5.29. The summed E-state index contributed by atoms with van der Waals surface area (Å²) in [6.07, 6.45) is 0. The Hall–Kier alpha value is -2.43. The molecule has 0 saturated carbocycles. The Balaban J connectivity index is 1.62. The molecule has 3 nitrogen and oxygen atoms in total. The summed E-state index contributed by atoms with van der Waals surface area (Å²) in [6, 6.07) is 23.1. The minimum absolute atomic E-state index is 0.246. The van der Waals surface area contributed by atoms with Crippen LogP contribution in [-0.2, 0) is 16.6 Å². The van der Waals surface area contributed by atoms with E-state index in [0.29, 0.717) is 21.9 Å². The minimum atomic E-state index is -1.35. The largest absolute Gasteiger partial charge is 0.430 e. The SMILES string of the molecule is O=S(Cc1ccc(Cl)cc1)c1nc2cc(-c3ccccc3)ccc2o1. The first-order valence-corrected chi connectivity index (χ1v) is 9.47. The lowest BCUT2D eigenvalue weighted by molar-refractivity contribution is 0.477. The maximum Gasteiger partial charge on any atom is 0.288 e. The highest BCUT2D eigenvalue weighted by Gasteiger charge is 2.14. The van der Waals surface area contributed by atoms with Crippen molar-refractivity contribution in [2.75, 3.05) is 0 Å². The Bertz CT molecular complexity index is 1040. The number of fused-ring (bicyclic) bond motifs is 1. The van der Waals surface area contributed by atoms with Gasteiger partial charge in [0.25, 0.3) is 5.22 Å². The van der Waals surface area contributed by atoms with Gasteiger partial charge in [-0.1, -0.05) is 60.1 Å². The van der Waals surface area contributed by atoms with Gasteiger partial charge in [-0.3, -0.25) is 0 Å². The molecule has 0 aliphatic rings. The van der Waals surface area contributed by atoms with E-state index in [9.17, 15) is 4.21 Å². The van der Waals surface area contributed by atoms with E-state index >= 15 is 0 Å². The Labute approximate surface area is 152 Å². The molecule has 4 aromatic rings. The van der Waals surface area contributed by atoms with Gasteiger partial charge in [-0.05, 0) is 41.0 Å². The van der Waals surface area contributed by atoms with Crippen LogP contribution in [0.15, 0.2) is 82.4 Å². The van der Waals surface area contributed by atoms with E-state index in [1.54, 1.807) is 12.1 Å². The van der Waals surface area contributed by atoms with Crippen molar-refractivity contribution in [2.24, 2.45) is 0 Å². The zero-order valence-corrected chi connectivity index (χ0v) is 14.8. The predicted molar refractivity (Wildman–Crippen MR) is 101 cm³/mol. The fraction of sp³-hybridized carbons (Fsp3) is 0.0500. The summed E-state index contributed by atoms with van der Waals surface area (Å²) in [5.74, 6) is 0.343. The van der Waals surface area contributed by atoms with Gasteiger partial charge in [0, 0.05) is 5.02 Å². The number of rotatable bonds is 4. The molecule has 5 heteroatoms. The second-order valence-corrected chi connectivity index (χ2v) is 7.41. The van der Waals surface area contributed by atoms with Crippen LogP contribution in [0, 0.1) is 0 Å². The lowest BCUT2D eigenvalue weighted by atomic mass is 10.1. The molecule has 0 spiro atoms. The van der Waals surface area contributed by atoms with Crippen molar-refractivity contribution in [2.45, 2.75) is 11.0 Å². The molecule has 25 heavy (non-hydrogen) atoms. The van der Waals surface area contributed by atoms with Gasteiger partial charge in [0.2, 0.25) is 0 Å². The normalized spacial score (nSPS) is 12.4. The molecule has 1 heterocycles. The van der Waals surface area contributed by atoms with Crippen LogP contribution in [0.3, 0.4) is 0 Å². The highest BCUT2D eigenvalue weighted by molar-refractivity contribution is 7.84. The van der Waals surface area contributed by atoms with Crippen molar-refractivity contribution in [1.82, 2.24) is 4.98 Å². The fourth-order valence-electron chi connectivity index (χ4n) is 2.61. The third-order valence-electron chi connectivity index (χ3n) is 3.88. The Morgan fingerprint density at radius 2 is 1.68 bits per heavy atom. The molecule has 1 aromatic heterocycles. The summed E-state index contributed by atoms with van der Waals surface area (Å²) in [6.45, 7) is 0. The molecule has 0 aliphatic heterocycles. The molecular formula is C20H14ClNO2S. The van der Waals surface area contributed by atoms with Crippen LogP contribution in [-0.4, -0.2) is 9.19 Å². The number of benzene rings is 3.